The number of rotatable bonds is 10. The summed E-state index contributed by atoms with van der Waals surface area (Å²) in [6.07, 6.45) is 0.716. The van der Waals surface area contributed by atoms with Gasteiger partial charge >= 0.3 is 6.61 Å². The maximum absolute atomic E-state index is 12.2. The molecule has 28 heavy (non-hydrogen) atoms. The standard InChI is InChI=1S/C20H23F2NO5/c1-25-16-10-14(11-17(26-2)19(16)27-3)12-18(24)23-9-8-13-4-6-15(7-5-13)28-20(21)22/h4-7,10-11,20H,8-9,12H2,1-3H3,(H,23,24). The third-order valence-electron chi connectivity index (χ3n) is 3.97. The van der Waals surface area contributed by atoms with Crippen molar-refractivity contribution in [3.8, 4) is 23.0 Å². The number of carbonyl (C=O) groups is 1. The van der Waals surface area contributed by atoms with Gasteiger partial charge in [-0.1, -0.05) is 12.1 Å². The summed E-state index contributed by atoms with van der Waals surface area (Å²) in [5, 5.41) is 2.83. The minimum atomic E-state index is -2.85. The second-order valence-electron chi connectivity index (χ2n) is 5.83. The van der Waals surface area contributed by atoms with Crippen LogP contribution in [0.1, 0.15) is 11.1 Å². The van der Waals surface area contributed by atoms with Crippen molar-refractivity contribution < 1.29 is 32.5 Å². The molecule has 1 N–H and O–H groups in total. The van der Waals surface area contributed by atoms with Crippen molar-refractivity contribution in [2.24, 2.45) is 0 Å². The van der Waals surface area contributed by atoms with Crippen molar-refractivity contribution in [1.82, 2.24) is 5.32 Å². The lowest BCUT2D eigenvalue weighted by Crippen LogP contribution is -2.27. The minimum Gasteiger partial charge on any atom is -0.493 e. The van der Waals surface area contributed by atoms with Crippen LogP contribution in [0.25, 0.3) is 0 Å². The second-order valence-corrected chi connectivity index (χ2v) is 5.83. The Labute approximate surface area is 162 Å². The molecule has 0 aliphatic heterocycles. The SMILES string of the molecule is COc1cc(CC(=O)NCCc2ccc(OC(F)F)cc2)cc(OC)c1OC. The molecule has 0 aliphatic carbocycles. The van der Waals surface area contributed by atoms with E-state index in [-0.39, 0.29) is 18.1 Å². The number of ether oxygens (including phenoxy) is 4. The number of nitrogens with one attached hydrogen (secondary N) is 1. The zero-order chi connectivity index (χ0) is 20.5. The van der Waals surface area contributed by atoms with Gasteiger partial charge in [-0.25, -0.2) is 0 Å². The predicted octanol–water partition coefficient (Wildman–Crippen LogP) is 3.22. The highest BCUT2D eigenvalue weighted by Gasteiger charge is 2.14. The highest BCUT2D eigenvalue weighted by molar-refractivity contribution is 5.79. The maximum Gasteiger partial charge on any atom is 0.387 e. The van der Waals surface area contributed by atoms with Gasteiger partial charge in [0.05, 0.1) is 27.8 Å². The van der Waals surface area contributed by atoms with Gasteiger partial charge in [0.15, 0.2) is 11.5 Å². The molecular formula is C20H23F2NO5. The fourth-order valence-corrected chi connectivity index (χ4v) is 2.67. The van der Waals surface area contributed by atoms with Crippen LogP contribution in [0.4, 0.5) is 8.78 Å². The number of hydrogen-bond acceptors (Lipinski definition) is 5. The molecule has 2 aromatic carbocycles. The Morgan fingerprint density at radius 1 is 0.964 bits per heavy atom. The van der Waals surface area contributed by atoms with Gasteiger partial charge in [0.1, 0.15) is 5.75 Å². The topological polar surface area (TPSA) is 66.0 Å². The fourth-order valence-electron chi connectivity index (χ4n) is 2.67. The summed E-state index contributed by atoms with van der Waals surface area (Å²) >= 11 is 0. The molecule has 0 bridgehead atoms. The number of methoxy groups -OCH3 is 3. The molecule has 0 atom stereocenters. The van der Waals surface area contributed by atoms with Crippen molar-refractivity contribution in [2.75, 3.05) is 27.9 Å². The van der Waals surface area contributed by atoms with Crippen LogP contribution in [0.15, 0.2) is 36.4 Å². The molecule has 0 unspecified atom stereocenters. The molecule has 0 spiro atoms. The summed E-state index contributed by atoms with van der Waals surface area (Å²) in [5.74, 6) is 1.37. The first-order valence-corrected chi connectivity index (χ1v) is 8.56. The third-order valence-corrected chi connectivity index (χ3v) is 3.97. The smallest absolute Gasteiger partial charge is 0.387 e. The van der Waals surface area contributed by atoms with Crippen molar-refractivity contribution in [1.29, 1.82) is 0 Å². The van der Waals surface area contributed by atoms with E-state index in [2.05, 4.69) is 10.1 Å². The van der Waals surface area contributed by atoms with E-state index in [4.69, 9.17) is 14.2 Å². The summed E-state index contributed by atoms with van der Waals surface area (Å²) in [6, 6.07) is 9.76. The van der Waals surface area contributed by atoms with Crippen LogP contribution in [-0.2, 0) is 17.6 Å². The largest absolute Gasteiger partial charge is 0.493 e. The van der Waals surface area contributed by atoms with Gasteiger partial charge in [-0.3, -0.25) is 4.79 Å². The van der Waals surface area contributed by atoms with Crippen LogP contribution < -0.4 is 24.3 Å². The second kappa shape index (κ2) is 10.3. The molecule has 6 nitrogen and oxygen atoms in total. The Balaban J connectivity index is 1.89. The Morgan fingerprint density at radius 3 is 2.07 bits per heavy atom. The number of halogens is 2. The molecule has 0 radical (unpaired) electrons. The van der Waals surface area contributed by atoms with E-state index >= 15 is 0 Å². The molecule has 0 aliphatic rings. The van der Waals surface area contributed by atoms with E-state index in [9.17, 15) is 13.6 Å². The highest BCUT2D eigenvalue weighted by Crippen LogP contribution is 2.38. The molecule has 0 heterocycles. The molecule has 8 heteroatoms. The van der Waals surface area contributed by atoms with Crippen molar-refractivity contribution >= 4 is 5.91 Å². The number of amides is 1. The molecular weight excluding hydrogens is 372 g/mol. The molecule has 0 fully saturated rings. The van der Waals surface area contributed by atoms with E-state index in [1.807, 2.05) is 0 Å². The third kappa shape index (κ3) is 6.00. The zero-order valence-corrected chi connectivity index (χ0v) is 16.0. The normalized spacial score (nSPS) is 10.5. The van der Waals surface area contributed by atoms with Gasteiger partial charge in [-0.2, -0.15) is 8.78 Å². The van der Waals surface area contributed by atoms with Crippen LogP contribution in [-0.4, -0.2) is 40.4 Å². The number of hydrogen-bond donors (Lipinski definition) is 1. The lowest BCUT2D eigenvalue weighted by atomic mass is 10.1. The summed E-state index contributed by atoms with van der Waals surface area (Å²) in [7, 11) is 4.54. The lowest BCUT2D eigenvalue weighted by molar-refractivity contribution is -0.120. The number of carbonyl (C=O) groups excluding carboxylic acids is 1. The molecule has 2 aromatic rings. The summed E-state index contributed by atoms with van der Waals surface area (Å²) in [4.78, 5) is 12.2. The van der Waals surface area contributed by atoms with Crippen LogP contribution in [0, 0.1) is 0 Å². The average Bonchev–Trinajstić information content (AvgIpc) is 2.68. The Hall–Kier alpha value is -3.03. The quantitative estimate of drug-likeness (QED) is 0.669. The summed E-state index contributed by atoms with van der Waals surface area (Å²) in [6.45, 7) is -2.43. The monoisotopic (exact) mass is 395 g/mol. The van der Waals surface area contributed by atoms with E-state index in [0.717, 1.165) is 11.1 Å². The van der Waals surface area contributed by atoms with Gasteiger partial charge in [0, 0.05) is 6.54 Å². The van der Waals surface area contributed by atoms with Gasteiger partial charge in [0.25, 0.3) is 0 Å². The first kappa shape index (κ1) is 21.3. The van der Waals surface area contributed by atoms with E-state index in [1.165, 1.54) is 33.5 Å². The molecule has 0 saturated carbocycles. The number of alkyl halides is 2. The fraction of sp³-hybridized carbons (Fsp3) is 0.350. The molecule has 2 rings (SSSR count). The highest BCUT2D eigenvalue weighted by atomic mass is 19.3. The Bertz CT molecular complexity index is 756. The van der Waals surface area contributed by atoms with Crippen LogP contribution in [0.5, 0.6) is 23.0 Å². The van der Waals surface area contributed by atoms with Gasteiger partial charge in [0.2, 0.25) is 11.7 Å². The Kier molecular flexibility index (Phi) is 7.86. The van der Waals surface area contributed by atoms with Gasteiger partial charge < -0.3 is 24.3 Å². The predicted molar refractivity (Wildman–Crippen MR) is 99.6 cm³/mol. The molecule has 152 valence electrons. The van der Waals surface area contributed by atoms with Gasteiger partial charge in [-0.15, -0.1) is 0 Å². The van der Waals surface area contributed by atoms with E-state index < -0.39 is 6.61 Å². The molecule has 0 aromatic heterocycles. The van der Waals surface area contributed by atoms with E-state index in [0.29, 0.717) is 30.2 Å². The van der Waals surface area contributed by atoms with Crippen molar-refractivity contribution in [3.05, 3.63) is 47.5 Å². The first-order chi connectivity index (χ1) is 13.5. The zero-order valence-electron chi connectivity index (χ0n) is 16.0. The molecule has 0 saturated heterocycles. The minimum absolute atomic E-state index is 0.102. The summed E-state index contributed by atoms with van der Waals surface area (Å²) in [5.41, 5.74) is 1.62. The van der Waals surface area contributed by atoms with E-state index in [1.54, 1.807) is 24.3 Å². The Morgan fingerprint density at radius 2 is 1.57 bits per heavy atom. The molecule has 1 amide bonds. The first-order valence-electron chi connectivity index (χ1n) is 8.56. The van der Waals surface area contributed by atoms with Crippen LogP contribution >= 0.6 is 0 Å². The number of benzene rings is 2. The lowest BCUT2D eigenvalue weighted by Gasteiger charge is -2.14. The average molecular weight is 395 g/mol. The van der Waals surface area contributed by atoms with Crippen molar-refractivity contribution in [3.63, 3.8) is 0 Å². The summed E-state index contributed by atoms with van der Waals surface area (Å²) < 4.78 is 44.4. The van der Waals surface area contributed by atoms with Crippen LogP contribution in [0.2, 0.25) is 0 Å². The van der Waals surface area contributed by atoms with Crippen LogP contribution in [0.3, 0.4) is 0 Å². The van der Waals surface area contributed by atoms with Gasteiger partial charge in [-0.05, 0) is 41.8 Å². The maximum atomic E-state index is 12.2. The van der Waals surface area contributed by atoms with Crippen molar-refractivity contribution in [2.45, 2.75) is 19.5 Å².